The third-order valence-corrected chi connectivity index (χ3v) is 7.03. The molecule has 200 valence electrons. The third kappa shape index (κ3) is 7.60. The van der Waals surface area contributed by atoms with Gasteiger partial charge in [0.05, 0.1) is 6.04 Å². The lowest BCUT2D eigenvalue weighted by atomic mass is 10.1. The first kappa shape index (κ1) is 27.7. The van der Waals surface area contributed by atoms with E-state index in [9.17, 15) is 9.59 Å². The summed E-state index contributed by atoms with van der Waals surface area (Å²) in [5, 5.41) is 19.7. The monoisotopic (exact) mass is 554 g/mol. The van der Waals surface area contributed by atoms with Crippen molar-refractivity contribution in [1.82, 2.24) is 20.9 Å². The van der Waals surface area contributed by atoms with E-state index in [-0.39, 0.29) is 23.8 Å². The Hall–Kier alpha value is -3.33. The molecule has 1 aliphatic heterocycles. The minimum absolute atomic E-state index is 0.0210. The van der Waals surface area contributed by atoms with Crippen molar-refractivity contribution in [3.8, 4) is 0 Å². The fraction of sp³-hybridized carbons (Fsp3) is 0.321. The molecule has 3 aromatic rings. The minimum Gasteiger partial charge on any atom is -0.370 e. The molecule has 8 nitrogen and oxygen atoms in total. The fourth-order valence-corrected chi connectivity index (χ4v) is 5.28. The van der Waals surface area contributed by atoms with Gasteiger partial charge in [0.2, 0.25) is 5.91 Å². The van der Waals surface area contributed by atoms with E-state index in [0.717, 1.165) is 16.3 Å². The number of amides is 2. The summed E-state index contributed by atoms with van der Waals surface area (Å²) >= 11 is 12.4. The summed E-state index contributed by atoms with van der Waals surface area (Å²) in [5.41, 5.74) is 6.84. The molecule has 6 N–H and O–H groups in total. The molecule has 2 atom stereocenters. The van der Waals surface area contributed by atoms with Crippen LogP contribution in [0.2, 0.25) is 10.0 Å². The van der Waals surface area contributed by atoms with Gasteiger partial charge in [0, 0.05) is 47.8 Å². The van der Waals surface area contributed by atoms with Gasteiger partial charge in [-0.2, -0.15) is 0 Å². The number of carbonyl (C=O) groups excluding carboxylic acids is 2. The second-order valence-electron chi connectivity index (χ2n) is 9.50. The molecule has 38 heavy (non-hydrogen) atoms. The highest BCUT2D eigenvalue weighted by Crippen LogP contribution is 2.22. The lowest BCUT2D eigenvalue weighted by Gasteiger charge is -2.25. The number of nitrogens with two attached hydrogens (primary N) is 1. The Balaban J connectivity index is 1.43. The van der Waals surface area contributed by atoms with Crippen molar-refractivity contribution in [3.05, 3.63) is 81.8 Å². The molecule has 0 aliphatic carbocycles. The van der Waals surface area contributed by atoms with E-state index in [1.54, 1.807) is 6.07 Å². The van der Waals surface area contributed by atoms with Crippen LogP contribution in [0.25, 0.3) is 10.8 Å². The van der Waals surface area contributed by atoms with Gasteiger partial charge in [-0.15, -0.1) is 0 Å². The summed E-state index contributed by atoms with van der Waals surface area (Å²) in [6.07, 6.45) is 1.87. The van der Waals surface area contributed by atoms with Crippen LogP contribution >= 0.6 is 23.2 Å². The van der Waals surface area contributed by atoms with Crippen LogP contribution in [0.4, 0.5) is 0 Å². The number of nitrogens with one attached hydrogen (secondary N) is 4. The molecule has 0 aromatic heterocycles. The molecule has 0 bridgehead atoms. The quantitative estimate of drug-likeness (QED) is 0.156. The number of carbonyl (C=O) groups is 2. The number of benzene rings is 3. The summed E-state index contributed by atoms with van der Waals surface area (Å²) in [7, 11) is 0. The molecule has 4 rings (SSSR count). The lowest BCUT2D eigenvalue weighted by Crippen LogP contribution is -2.49. The number of fused-ring (bicyclic) bond motifs is 1. The normalized spacial score (nSPS) is 17.7. The predicted octanol–water partition coefficient (Wildman–Crippen LogP) is 3.90. The first-order valence-corrected chi connectivity index (χ1v) is 13.4. The smallest absolute Gasteiger partial charge is 0.251 e. The van der Waals surface area contributed by atoms with Crippen LogP contribution in [-0.4, -0.2) is 54.4 Å². The molecule has 1 saturated heterocycles. The maximum absolute atomic E-state index is 13.5. The third-order valence-electron chi connectivity index (χ3n) is 6.60. The average molecular weight is 556 g/mol. The second kappa shape index (κ2) is 13.0. The highest BCUT2D eigenvalue weighted by atomic mass is 35.5. The summed E-state index contributed by atoms with van der Waals surface area (Å²) in [6.45, 7) is 1.79. The van der Waals surface area contributed by atoms with E-state index >= 15 is 0 Å². The zero-order valence-electron chi connectivity index (χ0n) is 21.0. The number of guanidine groups is 1. The van der Waals surface area contributed by atoms with Gasteiger partial charge in [0.25, 0.3) is 5.91 Å². The van der Waals surface area contributed by atoms with Gasteiger partial charge in [-0.3, -0.25) is 15.0 Å². The molecular formula is C28H32Cl2N6O2. The van der Waals surface area contributed by atoms with Crippen molar-refractivity contribution in [1.29, 1.82) is 5.41 Å². The largest absolute Gasteiger partial charge is 0.370 e. The van der Waals surface area contributed by atoms with E-state index in [0.29, 0.717) is 61.1 Å². The van der Waals surface area contributed by atoms with Gasteiger partial charge in [-0.25, -0.2) is 0 Å². The Labute approximate surface area is 232 Å². The van der Waals surface area contributed by atoms with Gasteiger partial charge >= 0.3 is 0 Å². The standard InChI is InChI=1S/C28H32Cl2N6O2/c29-22-12-18(13-23(30)15-22)17-36-11-9-24(35-25(27(36)38)6-3-10-33-28(31)32)16-34-26(37)21-8-7-19-4-1-2-5-20(19)14-21/h1-2,4-5,7-8,12-15,24-25,35H,3,6,9-11,16-17H2,(H,34,37)(H4,31,32,33)/t24-,25-/m0/s1. The molecule has 10 heteroatoms. The number of hydrogen-bond donors (Lipinski definition) is 5. The molecule has 0 saturated carbocycles. The maximum Gasteiger partial charge on any atom is 0.251 e. The number of nitrogens with zero attached hydrogens (tertiary/aromatic N) is 1. The van der Waals surface area contributed by atoms with Crippen molar-refractivity contribution >= 4 is 51.7 Å². The van der Waals surface area contributed by atoms with Gasteiger partial charge in [0.15, 0.2) is 5.96 Å². The first-order chi connectivity index (χ1) is 18.3. The molecule has 1 aliphatic rings. The maximum atomic E-state index is 13.5. The van der Waals surface area contributed by atoms with E-state index in [2.05, 4.69) is 16.0 Å². The molecule has 0 radical (unpaired) electrons. The predicted molar refractivity (Wildman–Crippen MR) is 153 cm³/mol. The van der Waals surface area contributed by atoms with Gasteiger partial charge in [-0.1, -0.05) is 53.5 Å². The minimum atomic E-state index is -0.441. The van der Waals surface area contributed by atoms with E-state index in [1.165, 1.54) is 0 Å². The Morgan fingerprint density at radius 3 is 2.53 bits per heavy atom. The van der Waals surface area contributed by atoms with E-state index in [4.69, 9.17) is 34.3 Å². The molecular weight excluding hydrogens is 523 g/mol. The summed E-state index contributed by atoms with van der Waals surface area (Å²) < 4.78 is 0. The molecule has 0 spiro atoms. The zero-order chi connectivity index (χ0) is 27.1. The van der Waals surface area contributed by atoms with Crippen molar-refractivity contribution in [2.45, 2.75) is 37.9 Å². The first-order valence-electron chi connectivity index (χ1n) is 12.6. The summed E-state index contributed by atoms with van der Waals surface area (Å²) in [5.74, 6) is -0.271. The number of rotatable bonds is 9. The van der Waals surface area contributed by atoms with Crippen LogP contribution < -0.4 is 21.7 Å². The van der Waals surface area contributed by atoms with Gasteiger partial charge < -0.3 is 26.6 Å². The van der Waals surface area contributed by atoms with Crippen LogP contribution in [0.3, 0.4) is 0 Å². The summed E-state index contributed by atoms with van der Waals surface area (Å²) in [6, 6.07) is 18.3. The Bertz CT molecular complexity index is 1300. The summed E-state index contributed by atoms with van der Waals surface area (Å²) in [4.78, 5) is 28.2. The van der Waals surface area contributed by atoms with Gasteiger partial charge in [0.1, 0.15) is 0 Å². The van der Waals surface area contributed by atoms with Gasteiger partial charge in [-0.05, 0) is 65.9 Å². The zero-order valence-corrected chi connectivity index (χ0v) is 22.5. The van der Waals surface area contributed by atoms with Crippen LogP contribution in [-0.2, 0) is 11.3 Å². The van der Waals surface area contributed by atoms with E-state index in [1.807, 2.05) is 59.5 Å². The van der Waals surface area contributed by atoms with Crippen molar-refractivity contribution in [3.63, 3.8) is 0 Å². The topological polar surface area (TPSA) is 123 Å². The lowest BCUT2D eigenvalue weighted by molar-refractivity contribution is -0.133. The second-order valence-corrected chi connectivity index (χ2v) is 10.4. The highest BCUT2D eigenvalue weighted by Gasteiger charge is 2.31. The SMILES string of the molecule is N=C(N)NCCC[C@@H]1N[C@H](CNC(=O)c2ccc3ccccc3c2)CCN(Cc2cc(Cl)cc(Cl)c2)C1=O. The average Bonchev–Trinajstić information content (AvgIpc) is 3.03. The molecule has 1 heterocycles. The van der Waals surface area contributed by atoms with E-state index < -0.39 is 6.04 Å². The van der Waals surface area contributed by atoms with Crippen LogP contribution in [0.5, 0.6) is 0 Å². The highest BCUT2D eigenvalue weighted by molar-refractivity contribution is 6.34. The molecule has 2 amide bonds. The molecule has 1 fully saturated rings. The molecule has 0 unspecified atom stereocenters. The molecule has 3 aromatic carbocycles. The van der Waals surface area contributed by atoms with Crippen molar-refractivity contribution < 1.29 is 9.59 Å². The Kier molecular flexibility index (Phi) is 9.44. The Morgan fingerprint density at radius 1 is 1.05 bits per heavy atom. The van der Waals surface area contributed by atoms with Crippen molar-refractivity contribution in [2.75, 3.05) is 19.6 Å². The van der Waals surface area contributed by atoms with Crippen LogP contribution in [0.15, 0.2) is 60.7 Å². The number of halogens is 2. The van der Waals surface area contributed by atoms with Crippen molar-refractivity contribution in [2.24, 2.45) is 5.73 Å². The van der Waals surface area contributed by atoms with Crippen LogP contribution in [0.1, 0.15) is 35.2 Å². The number of hydrogen-bond acceptors (Lipinski definition) is 4. The Morgan fingerprint density at radius 2 is 1.79 bits per heavy atom. The fourth-order valence-electron chi connectivity index (χ4n) is 4.71. The van der Waals surface area contributed by atoms with Crippen LogP contribution in [0, 0.1) is 5.41 Å².